The monoisotopic (exact) mass is 305 g/mol. The van der Waals surface area contributed by atoms with Crippen molar-refractivity contribution in [2.45, 2.75) is 26.7 Å². The number of nitrogens with one attached hydrogen (secondary N) is 1. The van der Waals surface area contributed by atoms with Gasteiger partial charge in [-0.05, 0) is 50.1 Å². The standard InChI is InChI=1S/C16H20ClN3O/c1-10(5-3-7-18)16(21)20-15-12-6-4-8-19-14(12)11(2)9-13(15)17/h4,6,8-10H,3,5,7,18H2,1-2H3,(H,20,21). The fourth-order valence-electron chi connectivity index (χ4n) is 2.31. The minimum absolute atomic E-state index is 0.0423. The Morgan fingerprint density at radius 1 is 1.52 bits per heavy atom. The van der Waals surface area contributed by atoms with Gasteiger partial charge in [0.1, 0.15) is 0 Å². The van der Waals surface area contributed by atoms with E-state index in [1.165, 1.54) is 0 Å². The molecule has 1 heterocycles. The molecule has 1 aromatic heterocycles. The van der Waals surface area contributed by atoms with Gasteiger partial charge < -0.3 is 11.1 Å². The minimum Gasteiger partial charge on any atom is -0.330 e. The zero-order valence-corrected chi connectivity index (χ0v) is 13.1. The Kier molecular flexibility index (Phi) is 5.15. The number of anilines is 1. The van der Waals surface area contributed by atoms with Gasteiger partial charge in [-0.3, -0.25) is 9.78 Å². The van der Waals surface area contributed by atoms with E-state index in [9.17, 15) is 4.79 Å². The molecule has 0 fully saturated rings. The molecule has 0 spiro atoms. The second-order valence-electron chi connectivity index (χ2n) is 5.27. The van der Waals surface area contributed by atoms with Gasteiger partial charge in [-0.25, -0.2) is 0 Å². The molecule has 0 aliphatic carbocycles. The number of hydrogen-bond donors (Lipinski definition) is 2. The summed E-state index contributed by atoms with van der Waals surface area (Å²) in [6, 6.07) is 5.59. The van der Waals surface area contributed by atoms with Crippen molar-refractivity contribution in [1.82, 2.24) is 4.98 Å². The molecule has 1 amide bonds. The lowest BCUT2D eigenvalue weighted by molar-refractivity contribution is -0.119. The van der Waals surface area contributed by atoms with Crippen molar-refractivity contribution in [1.29, 1.82) is 0 Å². The van der Waals surface area contributed by atoms with Gasteiger partial charge in [0.05, 0.1) is 16.2 Å². The Morgan fingerprint density at radius 2 is 2.29 bits per heavy atom. The summed E-state index contributed by atoms with van der Waals surface area (Å²) in [6.07, 6.45) is 3.33. The molecule has 2 aromatic rings. The van der Waals surface area contributed by atoms with Gasteiger partial charge in [-0.1, -0.05) is 18.5 Å². The molecule has 0 bridgehead atoms. The summed E-state index contributed by atoms with van der Waals surface area (Å²) in [7, 11) is 0. The summed E-state index contributed by atoms with van der Waals surface area (Å²) in [5.41, 5.74) is 7.96. The van der Waals surface area contributed by atoms with Crippen LogP contribution in [0.5, 0.6) is 0 Å². The van der Waals surface area contributed by atoms with Crippen LogP contribution in [0.2, 0.25) is 5.02 Å². The molecule has 1 atom stereocenters. The highest BCUT2D eigenvalue weighted by molar-refractivity contribution is 6.35. The number of hydrogen-bond acceptors (Lipinski definition) is 3. The lowest BCUT2D eigenvalue weighted by Crippen LogP contribution is -2.21. The van der Waals surface area contributed by atoms with Crippen molar-refractivity contribution < 1.29 is 4.79 Å². The Bertz CT molecular complexity index is 657. The first-order chi connectivity index (χ1) is 10.0. The van der Waals surface area contributed by atoms with Crippen LogP contribution in [0.4, 0.5) is 5.69 Å². The molecule has 21 heavy (non-hydrogen) atoms. The maximum atomic E-state index is 12.3. The number of amides is 1. The fraction of sp³-hybridized carbons (Fsp3) is 0.375. The number of aryl methyl sites for hydroxylation is 1. The van der Waals surface area contributed by atoms with E-state index >= 15 is 0 Å². The molecule has 2 rings (SSSR count). The van der Waals surface area contributed by atoms with E-state index in [2.05, 4.69) is 10.3 Å². The summed E-state index contributed by atoms with van der Waals surface area (Å²) in [5.74, 6) is -0.142. The highest BCUT2D eigenvalue weighted by atomic mass is 35.5. The second kappa shape index (κ2) is 6.87. The van der Waals surface area contributed by atoms with Crippen LogP contribution in [0.1, 0.15) is 25.3 Å². The molecule has 3 N–H and O–H groups in total. The average molecular weight is 306 g/mol. The van der Waals surface area contributed by atoms with Crippen molar-refractivity contribution in [3.63, 3.8) is 0 Å². The third-order valence-corrected chi connectivity index (χ3v) is 3.87. The first kappa shape index (κ1) is 15.7. The van der Waals surface area contributed by atoms with Crippen LogP contribution >= 0.6 is 11.6 Å². The van der Waals surface area contributed by atoms with E-state index in [4.69, 9.17) is 17.3 Å². The minimum atomic E-state index is -0.0994. The highest BCUT2D eigenvalue weighted by Gasteiger charge is 2.16. The van der Waals surface area contributed by atoms with Crippen LogP contribution in [0.25, 0.3) is 10.9 Å². The summed E-state index contributed by atoms with van der Waals surface area (Å²) >= 11 is 6.30. The first-order valence-corrected chi connectivity index (χ1v) is 7.47. The number of nitrogens with zero attached hydrogens (tertiary/aromatic N) is 1. The van der Waals surface area contributed by atoms with E-state index in [1.807, 2.05) is 32.0 Å². The van der Waals surface area contributed by atoms with E-state index in [0.717, 1.165) is 29.3 Å². The van der Waals surface area contributed by atoms with Crippen molar-refractivity contribution in [2.75, 3.05) is 11.9 Å². The number of halogens is 1. The number of fused-ring (bicyclic) bond motifs is 1. The number of pyridine rings is 1. The maximum absolute atomic E-state index is 12.3. The molecule has 0 aliphatic heterocycles. The molecular weight excluding hydrogens is 286 g/mol. The third-order valence-electron chi connectivity index (χ3n) is 3.57. The quantitative estimate of drug-likeness (QED) is 0.888. The Labute approximate surface area is 129 Å². The fourth-order valence-corrected chi connectivity index (χ4v) is 2.62. The van der Waals surface area contributed by atoms with Gasteiger partial charge >= 0.3 is 0 Å². The maximum Gasteiger partial charge on any atom is 0.227 e. The summed E-state index contributed by atoms with van der Waals surface area (Å²) in [6.45, 7) is 4.44. The molecule has 5 heteroatoms. The summed E-state index contributed by atoms with van der Waals surface area (Å²) in [5, 5.41) is 4.33. The number of rotatable bonds is 5. The summed E-state index contributed by atoms with van der Waals surface area (Å²) in [4.78, 5) is 16.6. The van der Waals surface area contributed by atoms with Gasteiger partial charge in [0.15, 0.2) is 0 Å². The van der Waals surface area contributed by atoms with Crippen LogP contribution in [0.15, 0.2) is 24.4 Å². The normalized spacial score (nSPS) is 12.4. The van der Waals surface area contributed by atoms with Gasteiger partial charge in [-0.15, -0.1) is 0 Å². The third kappa shape index (κ3) is 3.52. The van der Waals surface area contributed by atoms with Crippen LogP contribution in [0.3, 0.4) is 0 Å². The van der Waals surface area contributed by atoms with Crippen LogP contribution in [-0.2, 0) is 4.79 Å². The van der Waals surface area contributed by atoms with Crippen molar-refractivity contribution >= 4 is 34.1 Å². The lowest BCUT2D eigenvalue weighted by atomic mass is 10.0. The molecule has 1 unspecified atom stereocenters. The molecule has 0 saturated heterocycles. The number of carbonyl (C=O) groups is 1. The Balaban J connectivity index is 2.32. The van der Waals surface area contributed by atoms with Gasteiger partial charge in [-0.2, -0.15) is 0 Å². The number of nitrogens with two attached hydrogens (primary N) is 1. The van der Waals surface area contributed by atoms with E-state index in [1.54, 1.807) is 6.20 Å². The topological polar surface area (TPSA) is 68.0 Å². The van der Waals surface area contributed by atoms with Crippen LogP contribution in [0, 0.1) is 12.8 Å². The smallest absolute Gasteiger partial charge is 0.227 e. The second-order valence-corrected chi connectivity index (χ2v) is 5.68. The molecule has 0 saturated carbocycles. The van der Waals surface area contributed by atoms with Gasteiger partial charge in [0.2, 0.25) is 5.91 Å². The number of benzene rings is 1. The number of carbonyl (C=O) groups excluding carboxylic acids is 1. The Hall–Kier alpha value is -1.65. The highest BCUT2D eigenvalue weighted by Crippen LogP contribution is 2.33. The molecule has 0 aliphatic rings. The van der Waals surface area contributed by atoms with Gasteiger partial charge in [0.25, 0.3) is 0 Å². The van der Waals surface area contributed by atoms with Crippen LogP contribution < -0.4 is 11.1 Å². The number of aromatic nitrogens is 1. The average Bonchev–Trinajstić information content (AvgIpc) is 2.48. The predicted molar refractivity (Wildman–Crippen MR) is 87.6 cm³/mol. The predicted octanol–water partition coefficient (Wildman–Crippen LogP) is 3.51. The van der Waals surface area contributed by atoms with Crippen LogP contribution in [-0.4, -0.2) is 17.4 Å². The molecule has 112 valence electrons. The van der Waals surface area contributed by atoms with Crippen molar-refractivity contribution in [3.8, 4) is 0 Å². The zero-order valence-electron chi connectivity index (χ0n) is 12.3. The van der Waals surface area contributed by atoms with E-state index in [-0.39, 0.29) is 11.8 Å². The van der Waals surface area contributed by atoms with Crippen molar-refractivity contribution in [2.24, 2.45) is 11.7 Å². The van der Waals surface area contributed by atoms with Crippen molar-refractivity contribution in [3.05, 3.63) is 35.0 Å². The van der Waals surface area contributed by atoms with E-state index in [0.29, 0.717) is 17.3 Å². The molecule has 0 radical (unpaired) electrons. The van der Waals surface area contributed by atoms with Gasteiger partial charge in [0, 0.05) is 17.5 Å². The zero-order chi connectivity index (χ0) is 15.4. The molecule has 4 nitrogen and oxygen atoms in total. The largest absolute Gasteiger partial charge is 0.330 e. The Morgan fingerprint density at radius 3 is 3.00 bits per heavy atom. The first-order valence-electron chi connectivity index (χ1n) is 7.09. The summed E-state index contributed by atoms with van der Waals surface area (Å²) < 4.78 is 0. The molecule has 1 aromatic carbocycles. The SMILES string of the molecule is Cc1cc(Cl)c(NC(=O)C(C)CCCN)c2cccnc12. The molecular formula is C16H20ClN3O. The van der Waals surface area contributed by atoms with E-state index < -0.39 is 0 Å². The lowest BCUT2D eigenvalue weighted by Gasteiger charge is -2.15.